The van der Waals surface area contributed by atoms with Gasteiger partial charge in [-0.25, -0.2) is 4.79 Å². The highest BCUT2D eigenvalue weighted by Crippen LogP contribution is 2.27. The van der Waals surface area contributed by atoms with Crippen LogP contribution in [0.1, 0.15) is 37.3 Å². The molecule has 2 heterocycles. The smallest absolute Gasteiger partial charge is 0.321 e. The molecular weight excluding hydrogens is 316 g/mol. The molecular formula is C19H26N4O2. The van der Waals surface area contributed by atoms with Gasteiger partial charge in [0.2, 0.25) is 0 Å². The minimum absolute atomic E-state index is 0.0479. The van der Waals surface area contributed by atoms with Crippen molar-refractivity contribution in [1.29, 1.82) is 0 Å². The summed E-state index contributed by atoms with van der Waals surface area (Å²) >= 11 is 0. The number of likely N-dealkylation sites (tertiary alicyclic amines) is 1. The van der Waals surface area contributed by atoms with Gasteiger partial charge in [0.15, 0.2) is 0 Å². The molecule has 0 spiro atoms. The maximum absolute atomic E-state index is 12.5. The molecule has 0 radical (unpaired) electrons. The van der Waals surface area contributed by atoms with Crippen LogP contribution < -0.4 is 5.32 Å². The van der Waals surface area contributed by atoms with Crippen LogP contribution in [0.15, 0.2) is 36.7 Å². The number of aromatic nitrogens is 2. The number of carbonyl (C=O) groups is 1. The van der Waals surface area contributed by atoms with E-state index in [1.165, 1.54) is 5.56 Å². The van der Waals surface area contributed by atoms with Gasteiger partial charge in [-0.05, 0) is 43.5 Å². The Kier molecular flexibility index (Phi) is 5.38. The third kappa shape index (κ3) is 4.60. The van der Waals surface area contributed by atoms with Gasteiger partial charge in [-0.3, -0.25) is 4.68 Å². The zero-order chi connectivity index (χ0) is 17.8. The van der Waals surface area contributed by atoms with Gasteiger partial charge in [-0.15, -0.1) is 0 Å². The fourth-order valence-corrected chi connectivity index (χ4v) is 3.07. The third-order valence-electron chi connectivity index (χ3n) is 4.43. The Hall–Kier alpha value is -2.34. The number of aryl methyl sites for hydroxylation is 1. The number of nitrogens with zero attached hydrogens (tertiary/aromatic N) is 3. The lowest BCUT2D eigenvalue weighted by Crippen LogP contribution is -2.32. The molecule has 25 heavy (non-hydrogen) atoms. The summed E-state index contributed by atoms with van der Waals surface area (Å²) in [5, 5.41) is 7.22. The lowest BCUT2D eigenvalue weighted by Gasteiger charge is -2.17. The van der Waals surface area contributed by atoms with E-state index in [1.807, 2.05) is 67.1 Å². The molecule has 134 valence electrons. The van der Waals surface area contributed by atoms with E-state index in [4.69, 9.17) is 4.74 Å². The average molecular weight is 342 g/mol. The van der Waals surface area contributed by atoms with Crippen molar-refractivity contribution < 1.29 is 9.53 Å². The summed E-state index contributed by atoms with van der Waals surface area (Å²) in [5.74, 6) is 0.366. The van der Waals surface area contributed by atoms with E-state index in [1.54, 1.807) is 0 Å². The van der Waals surface area contributed by atoms with Gasteiger partial charge in [0.25, 0.3) is 0 Å². The number of hydrogen-bond acceptors (Lipinski definition) is 3. The Bertz CT molecular complexity index is 726. The van der Waals surface area contributed by atoms with E-state index in [-0.39, 0.29) is 12.1 Å². The molecule has 2 amide bonds. The monoisotopic (exact) mass is 342 g/mol. The van der Waals surface area contributed by atoms with E-state index in [9.17, 15) is 4.79 Å². The van der Waals surface area contributed by atoms with Crippen molar-refractivity contribution in [2.75, 3.05) is 18.4 Å². The maximum atomic E-state index is 12.5. The van der Waals surface area contributed by atoms with Crippen molar-refractivity contribution in [3.05, 3.63) is 47.8 Å². The van der Waals surface area contributed by atoms with Crippen molar-refractivity contribution in [3.8, 4) is 0 Å². The van der Waals surface area contributed by atoms with Gasteiger partial charge < -0.3 is 15.0 Å². The van der Waals surface area contributed by atoms with Crippen molar-refractivity contribution >= 4 is 11.7 Å². The zero-order valence-electron chi connectivity index (χ0n) is 15.1. The largest absolute Gasteiger partial charge is 0.374 e. The van der Waals surface area contributed by atoms with Crippen molar-refractivity contribution in [2.24, 2.45) is 7.05 Å². The Morgan fingerprint density at radius 3 is 3.00 bits per heavy atom. The predicted octanol–water partition coefficient (Wildman–Crippen LogP) is 3.37. The molecule has 1 aliphatic rings. The van der Waals surface area contributed by atoms with Gasteiger partial charge in [-0.1, -0.05) is 12.1 Å². The van der Waals surface area contributed by atoms with Crippen LogP contribution >= 0.6 is 0 Å². The normalized spacial score (nSPS) is 17.3. The van der Waals surface area contributed by atoms with Crippen LogP contribution in [0, 0.1) is 0 Å². The number of amides is 2. The molecule has 6 heteroatoms. The lowest BCUT2D eigenvalue weighted by molar-refractivity contribution is 0.0657. The molecule has 0 bridgehead atoms. The van der Waals surface area contributed by atoms with Gasteiger partial charge in [0, 0.05) is 37.9 Å². The topological polar surface area (TPSA) is 59.4 Å². The molecule has 1 aromatic carbocycles. The molecule has 2 aromatic rings. The summed E-state index contributed by atoms with van der Waals surface area (Å²) in [6.45, 7) is 6.07. The fourth-order valence-electron chi connectivity index (χ4n) is 3.07. The average Bonchev–Trinajstić information content (AvgIpc) is 3.22. The van der Waals surface area contributed by atoms with Crippen LogP contribution in [-0.4, -0.2) is 39.9 Å². The zero-order valence-corrected chi connectivity index (χ0v) is 15.1. The molecule has 1 aromatic heterocycles. The number of anilines is 1. The summed E-state index contributed by atoms with van der Waals surface area (Å²) in [6.07, 6.45) is 5.09. The first-order chi connectivity index (χ1) is 12.0. The number of urea groups is 1. The molecule has 1 aliphatic heterocycles. The number of hydrogen-bond donors (Lipinski definition) is 1. The Balaban J connectivity index is 1.56. The lowest BCUT2D eigenvalue weighted by atomic mass is 10.0. The summed E-state index contributed by atoms with van der Waals surface area (Å²) in [5.41, 5.74) is 3.06. The van der Waals surface area contributed by atoms with Crippen LogP contribution in [-0.2, 0) is 18.4 Å². The molecule has 0 aliphatic carbocycles. The van der Waals surface area contributed by atoms with Crippen molar-refractivity contribution in [1.82, 2.24) is 14.7 Å². The second-order valence-electron chi connectivity index (χ2n) is 6.87. The first-order valence-electron chi connectivity index (χ1n) is 8.76. The number of ether oxygens (including phenoxy) is 1. The highest BCUT2D eigenvalue weighted by Gasteiger charge is 2.28. The molecule has 1 fully saturated rings. The van der Waals surface area contributed by atoms with Crippen LogP contribution in [0.5, 0.6) is 0 Å². The summed E-state index contributed by atoms with van der Waals surface area (Å²) < 4.78 is 7.43. The summed E-state index contributed by atoms with van der Waals surface area (Å²) in [4.78, 5) is 14.4. The quantitative estimate of drug-likeness (QED) is 0.906. The van der Waals surface area contributed by atoms with Crippen LogP contribution in [0.25, 0.3) is 0 Å². The molecule has 3 rings (SSSR count). The molecule has 1 atom stereocenters. The number of nitrogens with one attached hydrogen (secondary N) is 1. The Morgan fingerprint density at radius 1 is 1.44 bits per heavy atom. The first kappa shape index (κ1) is 17.5. The van der Waals surface area contributed by atoms with Crippen molar-refractivity contribution in [2.45, 2.75) is 38.9 Å². The number of rotatable bonds is 5. The summed E-state index contributed by atoms with van der Waals surface area (Å²) in [6, 6.07) is 7.78. The standard InChI is InChI=1S/C19H26N4O2/c1-14(2)25-13-15-5-4-6-18(9-15)21-19(24)23-8-7-16(12-23)17-10-20-22(3)11-17/h4-6,9-11,14,16H,7-8,12-13H2,1-3H3,(H,21,24)/t16-/m1/s1. The first-order valence-corrected chi connectivity index (χ1v) is 8.76. The van der Waals surface area contributed by atoms with E-state index < -0.39 is 0 Å². The van der Waals surface area contributed by atoms with E-state index in [0.717, 1.165) is 30.8 Å². The molecule has 6 nitrogen and oxygen atoms in total. The third-order valence-corrected chi connectivity index (χ3v) is 4.43. The maximum Gasteiger partial charge on any atom is 0.321 e. The van der Waals surface area contributed by atoms with Crippen LogP contribution in [0.3, 0.4) is 0 Å². The predicted molar refractivity (Wildman–Crippen MR) is 97.5 cm³/mol. The van der Waals surface area contributed by atoms with Gasteiger partial charge in [0.1, 0.15) is 0 Å². The fraction of sp³-hybridized carbons (Fsp3) is 0.474. The van der Waals surface area contributed by atoms with E-state index in [2.05, 4.69) is 10.4 Å². The van der Waals surface area contributed by atoms with E-state index >= 15 is 0 Å². The highest BCUT2D eigenvalue weighted by molar-refractivity contribution is 5.89. The second-order valence-corrected chi connectivity index (χ2v) is 6.87. The molecule has 0 unspecified atom stereocenters. The minimum Gasteiger partial charge on any atom is -0.374 e. The number of carbonyl (C=O) groups excluding carboxylic acids is 1. The number of benzene rings is 1. The van der Waals surface area contributed by atoms with Crippen LogP contribution in [0.2, 0.25) is 0 Å². The molecule has 0 saturated carbocycles. The van der Waals surface area contributed by atoms with Gasteiger partial charge in [-0.2, -0.15) is 5.10 Å². The molecule has 1 N–H and O–H groups in total. The van der Waals surface area contributed by atoms with Crippen molar-refractivity contribution in [3.63, 3.8) is 0 Å². The highest BCUT2D eigenvalue weighted by atomic mass is 16.5. The minimum atomic E-state index is -0.0479. The molecule has 1 saturated heterocycles. The van der Waals surface area contributed by atoms with Crippen LogP contribution in [0.4, 0.5) is 10.5 Å². The van der Waals surface area contributed by atoms with Gasteiger partial charge in [0.05, 0.1) is 18.9 Å². The SMILES string of the molecule is CC(C)OCc1cccc(NC(=O)N2CC[C@@H](c3cnn(C)c3)C2)c1. The Morgan fingerprint density at radius 2 is 2.28 bits per heavy atom. The Labute approximate surface area is 148 Å². The van der Waals surface area contributed by atoms with Gasteiger partial charge >= 0.3 is 6.03 Å². The van der Waals surface area contributed by atoms with E-state index in [0.29, 0.717) is 12.5 Å². The second kappa shape index (κ2) is 7.70. The summed E-state index contributed by atoms with van der Waals surface area (Å²) in [7, 11) is 1.92.